The van der Waals surface area contributed by atoms with Crippen LogP contribution in [0.15, 0.2) is 12.1 Å². The minimum absolute atomic E-state index is 0.0856. The summed E-state index contributed by atoms with van der Waals surface area (Å²) in [5.74, 6) is 0.578. The molecule has 5 aliphatic rings. The lowest BCUT2D eigenvalue weighted by Gasteiger charge is -2.59. The van der Waals surface area contributed by atoms with Crippen molar-refractivity contribution in [2.75, 3.05) is 19.0 Å². The molecule has 1 aromatic carbocycles. The summed E-state index contributed by atoms with van der Waals surface area (Å²) in [4.78, 5) is 17.7. The predicted molar refractivity (Wildman–Crippen MR) is 127 cm³/mol. The molecule has 176 valence electrons. The lowest BCUT2D eigenvalue weighted by Crippen LogP contribution is -2.63. The molecule has 2 unspecified atom stereocenters. The van der Waals surface area contributed by atoms with Crippen LogP contribution < -0.4 is 4.90 Å². The zero-order valence-corrected chi connectivity index (χ0v) is 20.2. The van der Waals surface area contributed by atoms with Gasteiger partial charge in [-0.15, -0.1) is 0 Å². The fourth-order valence-corrected chi connectivity index (χ4v) is 7.06. The van der Waals surface area contributed by atoms with Crippen molar-refractivity contribution >= 4 is 17.3 Å². The fourth-order valence-electron chi connectivity index (χ4n) is 7.06. The van der Waals surface area contributed by atoms with Crippen LogP contribution in [0.1, 0.15) is 82.3 Å². The normalized spacial score (nSPS) is 30.3. The number of amides is 1. The van der Waals surface area contributed by atoms with E-state index < -0.39 is 5.41 Å². The molecule has 5 fully saturated rings. The molecule has 0 aromatic heterocycles. The van der Waals surface area contributed by atoms with E-state index in [4.69, 9.17) is 0 Å². The van der Waals surface area contributed by atoms with Gasteiger partial charge < -0.3 is 15.2 Å². The Morgan fingerprint density at radius 2 is 1.88 bits per heavy atom. The molecule has 2 heterocycles. The quantitative estimate of drug-likeness (QED) is 0.603. The SMILES string of the molecule is CN(C)c1ccc(F)c(C2CC2)c1C(=N)C(C)(C)CC(=O)N1C2CC3CC1CC(C#N)(C3)C2. The molecule has 0 radical (unpaired) electrons. The van der Waals surface area contributed by atoms with Crippen molar-refractivity contribution in [3.63, 3.8) is 0 Å². The predicted octanol–water partition coefficient (Wildman–Crippen LogP) is 5.24. The Hall–Kier alpha value is -2.42. The molecule has 5 nitrogen and oxygen atoms in total. The Morgan fingerprint density at radius 1 is 1.24 bits per heavy atom. The van der Waals surface area contributed by atoms with Gasteiger partial charge in [-0.25, -0.2) is 4.39 Å². The first-order chi connectivity index (χ1) is 15.5. The maximum atomic E-state index is 14.9. The van der Waals surface area contributed by atoms with Crippen LogP contribution in [0.5, 0.6) is 0 Å². The number of nitrogens with one attached hydrogen (secondary N) is 1. The largest absolute Gasteiger partial charge is 0.377 e. The Morgan fingerprint density at radius 3 is 2.42 bits per heavy atom. The number of carbonyl (C=O) groups is 1. The molecule has 0 spiro atoms. The van der Waals surface area contributed by atoms with E-state index in [-0.39, 0.29) is 41.6 Å². The third kappa shape index (κ3) is 3.64. The highest BCUT2D eigenvalue weighted by molar-refractivity contribution is 6.09. The smallest absolute Gasteiger partial charge is 0.224 e. The highest BCUT2D eigenvalue weighted by atomic mass is 19.1. The maximum Gasteiger partial charge on any atom is 0.224 e. The van der Waals surface area contributed by atoms with Crippen molar-refractivity contribution in [2.45, 2.75) is 83.2 Å². The van der Waals surface area contributed by atoms with Gasteiger partial charge in [-0.2, -0.15) is 5.26 Å². The summed E-state index contributed by atoms with van der Waals surface area (Å²) in [6.45, 7) is 3.89. The first kappa shape index (κ1) is 22.4. The third-order valence-corrected chi connectivity index (χ3v) is 8.61. The van der Waals surface area contributed by atoms with E-state index in [0.717, 1.165) is 50.6 Å². The molecular weight excluding hydrogens is 415 g/mol. The van der Waals surface area contributed by atoms with E-state index in [1.165, 1.54) is 6.07 Å². The number of carbonyl (C=O) groups excluding carboxylic acids is 1. The highest BCUT2D eigenvalue weighted by Gasteiger charge is 2.56. The molecule has 33 heavy (non-hydrogen) atoms. The number of hydrogen-bond donors (Lipinski definition) is 1. The zero-order chi connectivity index (χ0) is 23.7. The van der Waals surface area contributed by atoms with Crippen molar-refractivity contribution in [3.8, 4) is 6.07 Å². The topological polar surface area (TPSA) is 71.2 Å². The number of anilines is 1. The monoisotopic (exact) mass is 450 g/mol. The number of benzene rings is 1. The second kappa shape index (κ2) is 7.55. The summed E-state index contributed by atoms with van der Waals surface area (Å²) in [6, 6.07) is 6.17. The number of nitrogens with zero attached hydrogens (tertiary/aromatic N) is 3. The third-order valence-electron chi connectivity index (χ3n) is 8.61. The van der Waals surface area contributed by atoms with Crippen LogP contribution >= 0.6 is 0 Å². The van der Waals surface area contributed by atoms with Crippen LogP contribution in [0.2, 0.25) is 0 Å². The Kier molecular flexibility index (Phi) is 5.12. The van der Waals surface area contributed by atoms with E-state index in [1.54, 1.807) is 6.07 Å². The Balaban J connectivity index is 1.42. The van der Waals surface area contributed by atoms with Gasteiger partial charge in [0.25, 0.3) is 0 Å². The number of halogens is 1. The average Bonchev–Trinajstić information content (AvgIpc) is 3.56. The van der Waals surface area contributed by atoms with Crippen LogP contribution in [0.4, 0.5) is 10.1 Å². The van der Waals surface area contributed by atoms with Crippen LogP contribution in [-0.2, 0) is 4.79 Å². The Labute approximate surface area is 196 Å². The summed E-state index contributed by atoms with van der Waals surface area (Å²) in [6.07, 6.45) is 6.72. The van der Waals surface area contributed by atoms with Gasteiger partial charge in [-0.1, -0.05) is 13.8 Å². The molecule has 4 bridgehead atoms. The second-order valence-corrected chi connectivity index (χ2v) is 11.9. The van der Waals surface area contributed by atoms with E-state index in [1.807, 2.05) is 32.8 Å². The van der Waals surface area contributed by atoms with Crippen molar-refractivity contribution in [1.82, 2.24) is 4.90 Å². The van der Waals surface area contributed by atoms with E-state index in [0.29, 0.717) is 22.8 Å². The first-order valence-corrected chi connectivity index (χ1v) is 12.4. The molecule has 1 aromatic rings. The van der Waals surface area contributed by atoms with Crippen molar-refractivity contribution in [2.24, 2.45) is 16.7 Å². The molecule has 6 heteroatoms. The molecule has 1 N–H and O–H groups in total. The van der Waals surface area contributed by atoms with Gasteiger partial charge in [0.2, 0.25) is 5.91 Å². The molecule has 1 amide bonds. The van der Waals surface area contributed by atoms with E-state index in [9.17, 15) is 19.9 Å². The van der Waals surface area contributed by atoms with Crippen LogP contribution in [0, 0.1) is 39.3 Å². The van der Waals surface area contributed by atoms with Crippen LogP contribution in [-0.4, -0.2) is 42.7 Å². The summed E-state index contributed by atoms with van der Waals surface area (Å²) in [5.41, 5.74) is 1.55. The molecule has 6 rings (SSSR count). The van der Waals surface area contributed by atoms with Gasteiger partial charge >= 0.3 is 0 Å². The molecule has 3 saturated carbocycles. The standard InChI is InChI=1S/C27H35FN4O/c1-26(2,25(30)24-21(31(3)4)8-7-20(28)23(24)17-5-6-17)14-22(33)32-18-9-16-10-19(32)13-27(11-16,12-18)15-29/h7-8,16-19,30H,5-6,9-14H2,1-4H3. The Bertz CT molecular complexity index is 1030. The summed E-state index contributed by atoms with van der Waals surface area (Å²) >= 11 is 0. The van der Waals surface area contributed by atoms with E-state index in [2.05, 4.69) is 11.0 Å². The lowest BCUT2D eigenvalue weighted by molar-refractivity contribution is -0.154. The van der Waals surface area contributed by atoms with Gasteiger partial charge in [-0.05, 0) is 68.9 Å². The van der Waals surface area contributed by atoms with Gasteiger partial charge in [0.1, 0.15) is 5.82 Å². The van der Waals surface area contributed by atoms with Crippen molar-refractivity contribution in [3.05, 3.63) is 29.1 Å². The zero-order valence-electron chi connectivity index (χ0n) is 20.2. The number of nitriles is 1. The highest BCUT2D eigenvalue weighted by Crippen LogP contribution is 2.56. The summed E-state index contributed by atoms with van der Waals surface area (Å²) in [7, 11) is 3.84. The number of piperidine rings is 2. The van der Waals surface area contributed by atoms with Crippen LogP contribution in [0.25, 0.3) is 0 Å². The second-order valence-electron chi connectivity index (χ2n) is 11.9. The minimum atomic E-state index is -0.721. The average molecular weight is 451 g/mol. The fraction of sp³-hybridized carbons (Fsp3) is 0.667. The molecule has 2 atom stereocenters. The van der Waals surface area contributed by atoms with Crippen molar-refractivity contribution < 1.29 is 9.18 Å². The van der Waals surface area contributed by atoms with Gasteiger partial charge in [0.05, 0.1) is 11.5 Å². The van der Waals surface area contributed by atoms with Crippen molar-refractivity contribution in [1.29, 1.82) is 10.7 Å². The van der Waals surface area contributed by atoms with Crippen LogP contribution in [0.3, 0.4) is 0 Å². The number of hydrogen-bond acceptors (Lipinski definition) is 4. The maximum absolute atomic E-state index is 14.9. The minimum Gasteiger partial charge on any atom is -0.377 e. The molecular formula is C27H35FN4O. The molecule has 3 aliphatic carbocycles. The van der Waals surface area contributed by atoms with Gasteiger partial charge in [0, 0.05) is 60.5 Å². The van der Waals surface area contributed by atoms with E-state index >= 15 is 0 Å². The molecule has 2 aliphatic heterocycles. The first-order valence-electron chi connectivity index (χ1n) is 12.4. The summed E-state index contributed by atoms with van der Waals surface area (Å²) < 4.78 is 14.9. The lowest BCUT2D eigenvalue weighted by atomic mass is 9.56. The molecule has 2 saturated heterocycles. The number of rotatable bonds is 6. The van der Waals surface area contributed by atoms with Gasteiger partial charge in [-0.3, -0.25) is 4.79 Å². The van der Waals surface area contributed by atoms with Gasteiger partial charge in [0.15, 0.2) is 0 Å². The summed E-state index contributed by atoms with van der Waals surface area (Å²) in [5, 5.41) is 19.0.